The SMILES string of the molecule is CN(c1ccccc1C(=O)N1CCc2cc(SCc3ccccc3)ccc21)S(C)(=O)=O. The fourth-order valence-corrected chi connectivity index (χ4v) is 5.11. The molecule has 5 nitrogen and oxygen atoms in total. The van der Waals surface area contributed by atoms with Crippen molar-refractivity contribution in [2.45, 2.75) is 17.1 Å². The second-order valence-corrected chi connectivity index (χ2v) is 10.6. The topological polar surface area (TPSA) is 57.7 Å². The molecule has 0 spiro atoms. The van der Waals surface area contributed by atoms with Gasteiger partial charge in [0, 0.05) is 29.9 Å². The first-order chi connectivity index (χ1) is 14.8. The lowest BCUT2D eigenvalue weighted by molar-refractivity contribution is 0.0990. The van der Waals surface area contributed by atoms with Crippen LogP contribution >= 0.6 is 11.8 Å². The summed E-state index contributed by atoms with van der Waals surface area (Å²) < 4.78 is 25.2. The van der Waals surface area contributed by atoms with Crippen LogP contribution in [0.1, 0.15) is 21.5 Å². The van der Waals surface area contributed by atoms with Crippen molar-refractivity contribution in [3.8, 4) is 0 Å². The van der Waals surface area contributed by atoms with Crippen molar-refractivity contribution in [3.05, 3.63) is 89.5 Å². The minimum Gasteiger partial charge on any atom is -0.308 e. The second kappa shape index (κ2) is 8.77. The average Bonchev–Trinajstić information content (AvgIpc) is 3.20. The van der Waals surface area contributed by atoms with E-state index < -0.39 is 10.0 Å². The zero-order chi connectivity index (χ0) is 22.0. The van der Waals surface area contributed by atoms with E-state index in [0.717, 1.165) is 34.0 Å². The number of carbonyl (C=O) groups is 1. The van der Waals surface area contributed by atoms with Gasteiger partial charge in [-0.15, -0.1) is 11.8 Å². The molecule has 160 valence electrons. The zero-order valence-electron chi connectivity index (χ0n) is 17.5. The number of rotatable bonds is 6. The summed E-state index contributed by atoms with van der Waals surface area (Å²) in [6, 6.07) is 23.4. The van der Waals surface area contributed by atoms with Crippen LogP contribution in [-0.2, 0) is 22.2 Å². The van der Waals surface area contributed by atoms with Crippen LogP contribution in [0.15, 0.2) is 77.7 Å². The predicted molar refractivity (Wildman–Crippen MR) is 128 cm³/mol. The zero-order valence-corrected chi connectivity index (χ0v) is 19.1. The van der Waals surface area contributed by atoms with E-state index in [4.69, 9.17) is 0 Å². The van der Waals surface area contributed by atoms with E-state index in [1.54, 1.807) is 40.9 Å². The molecule has 0 bridgehead atoms. The number of anilines is 2. The van der Waals surface area contributed by atoms with Crippen LogP contribution in [0.25, 0.3) is 0 Å². The summed E-state index contributed by atoms with van der Waals surface area (Å²) in [5.74, 6) is 0.711. The highest BCUT2D eigenvalue weighted by Crippen LogP contribution is 2.35. The number of nitrogens with zero attached hydrogens (tertiary/aromatic N) is 2. The Balaban J connectivity index is 1.56. The fraction of sp³-hybridized carbons (Fsp3) is 0.208. The molecule has 0 atom stereocenters. The van der Waals surface area contributed by atoms with Gasteiger partial charge in [-0.2, -0.15) is 0 Å². The summed E-state index contributed by atoms with van der Waals surface area (Å²) in [7, 11) is -2.00. The van der Waals surface area contributed by atoms with E-state index in [2.05, 4.69) is 18.2 Å². The van der Waals surface area contributed by atoms with Crippen LogP contribution in [0.2, 0.25) is 0 Å². The van der Waals surface area contributed by atoms with Gasteiger partial charge in [-0.25, -0.2) is 8.42 Å². The Morgan fingerprint density at radius 2 is 1.74 bits per heavy atom. The number of hydrogen-bond donors (Lipinski definition) is 0. The predicted octanol–water partition coefficient (Wildman–Crippen LogP) is 4.58. The highest BCUT2D eigenvalue weighted by molar-refractivity contribution is 7.98. The molecular weight excluding hydrogens is 428 g/mol. The Kier molecular flexibility index (Phi) is 6.07. The van der Waals surface area contributed by atoms with Crippen LogP contribution in [0.5, 0.6) is 0 Å². The Hall–Kier alpha value is -2.77. The number of para-hydroxylation sites is 1. The smallest absolute Gasteiger partial charge is 0.260 e. The standard InChI is InChI=1S/C24H24N2O3S2/c1-25(31(2,28)29)23-11-7-6-10-21(23)24(27)26-15-14-19-16-20(12-13-22(19)26)30-17-18-8-4-3-5-9-18/h3-13,16H,14-15,17H2,1-2H3. The van der Waals surface area contributed by atoms with Crippen LogP contribution < -0.4 is 9.21 Å². The van der Waals surface area contributed by atoms with Gasteiger partial charge in [0.1, 0.15) is 0 Å². The first-order valence-corrected chi connectivity index (χ1v) is 12.8. The fourth-order valence-electron chi connectivity index (χ4n) is 3.67. The summed E-state index contributed by atoms with van der Waals surface area (Å²) in [6.07, 6.45) is 1.92. The lowest BCUT2D eigenvalue weighted by atomic mass is 10.1. The Labute approximate surface area is 187 Å². The van der Waals surface area contributed by atoms with Gasteiger partial charge < -0.3 is 4.90 Å². The van der Waals surface area contributed by atoms with E-state index in [-0.39, 0.29) is 5.91 Å². The molecule has 4 rings (SSSR count). The molecule has 0 saturated heterocycles. The number of sulfonamides is 1. The van der Waals surface area contributed by atoms with E-state index in [0.29, 0.717) is 17.8 Å². The van der Waals surface area contributed by atoms with Gasteiger partial charge in [0.2, 0.25) is 10.0 Å². The van der Waals surface area contributed by atoms with Crippen LogP contribution in [0.3, 0.4) is 0 Å². The van der Waals surface area contributed by atoms with Crippen molar-refractivity contribution in [2.24, 2.45) is 0 Å². The average molecular weight is 453 g/mol. The minimum absolute atomic E-state index is 0.186. The van der Waals surface area contributed by atoms with Gasteiger partial charge in [0.05, 0.1) is 17.5 Å². The van der Waals surface area contributed by atoms with Gasteiger partial charge >= 0.3 is 0 Å². The molecule has 0 radical (unpaired) electrons. The first-order valence-electron chi connectivity index (χ1n) is 9.99. The third-order valence-corrected chi connectivity index (χ3v) is 7.67. The maximum atomic E-state index is 13.4. The maximum absolute atomic E-state index is 13.4. The minimum atomic E-state index is -3.47. The van der Waals surface area contributed by atoms with Crippen molar-refractivity contribution >= 4 is 39.1 Å². The molecule has 1 heterocycles. The van der Waals surface area contributed by atoms with Gasteiger partial charge in [-0.1, -0.05) is 42.5 Å². The molecule has 0 fully saturated rings. The molecule has 0 aromatic heterocycles. The summed E-state index contributed by atoms with van der Waals surface area (Å²) in [4.78, 5) is 16.3. The van der Waals surface area contributed by atoms with Crippen LogP contribution in [0.4, 0.5) is 11.4 Å². The molecule has 0 N–H and O–H groups in total. The van der Waals surface area contributed by atoms with Gasteiger partial charge in [0.25, 0.3) is 5.91 Å². The van der Waals surface area contributed by atoms with E-state index >= 15 is 0 Å². The number of amides is 1. The summed E-state index contributed by atoms with van der Waals surface area (Å²) in [5.41, 5.74) is 4.08. The quantitative estimate of drug-likeness (QED) is 0.514. The normalized spacial score (nSPS) is 13.2. The molecule has 7 heteroatoms. The monoisotopic (exact) mass is 452 g/mol. The number of fused-ring (bicyclic) bond motifs is 1. The van der Waals surface area contributed by atoms with E-state index in [1.807, 2.05) is 30.3 Å². The molecule has 1 aliphatic rings. The Morgan fingerprint density at radius 3 is 2.48 bits per heavy atom. The van der Waals surface area contributed by atoms with Crippen molar-refractivity contribution in [3.63, 3.8) is 0 Å². The Morgan fingerprint density at radius 1 is 1.03 bits per heavy atom. The second-order valence-electron chi connectivity index (χ2n) is 7.52. The first kappa shape index (κ1) is 21.5. The molecular formula is C24H24N2O3S2. The van der Waals surface area contributed by atoms with Gasteiger partial charge in [-0.3, -0.25) is 9.10 Å². The van der Waals surface area contributed by atoms with Crippen molar-refractivity contribution in [1.82, 2.24) is 0 Å². The van der Waals surface area contributed by atoms with E-state index in [1.165, 1.54) is 17.5 Å². The van der Waals surface area contributed by atoms with Crippen LogP contribution in [-0.4, -0.2) is 34.2 Å². The number of thioether (sulfide) groups is 1. The van der Waals surface area contributed by atoms with Crippen molar-refractivity contribution in [2.75, 3.05) is 29.1 Å². The highest BCUT2D eigenvalue weighted by Gasteiger charge is 2.29. The lowest BCUT2D eigenvalue weighted by Crippen LogP contribution is -2.32. The molecule has 0 saturated carbocycles. The van der Waals surface area contributed by atoms with Gasteiger partial charge in [0.15, 0.2) is 0 Å². The molecule has 0 unspecified atom stereocenters. The van der Waals surface area contributed by atoms with Crippen molar-refractivity contribution < 1.29 is 13.2 Å². The molecule has 3 aromatic rings. The summed E-state index contributed by atoms with van der Waals surface area (Å²) in [5, 5.41) is 0. The highest BCUT2D eigenvalue weighted by atomic mass is 32.2. The molecule has 3 aromatic carbocycles. The van der Waals surface area contributed by atoms with Gasteiger partial charge in [-0.05, 0) is 47.9 Å². The summed E-state index contributed by atoms with van der Waals surface area (Å²) >= 11 is 1.78. The number of hydrogen-bond acceptors (Lipinski definition) is 4. The number of carbonyl (C=O) groups excluding carboxylic acids is 1. The van der Waals surface area contributed by atoms with Crippen LogP contribution in [0, 0.1) is 0 Å². The van der Waals surface area contributed by atoms with E-state index in [9.17, 15) is 13.2 Å². The number of benzene rings is 3. The largest absolute Gasteiger partial charge is 0.308 e. The third kappa shape index (κ3) is 4.62. The summed E-state index contributed by atoms with van der Waals surface area (Å²) in [6.45, 7) is 0.581. The van der Waals surface area contributed by atoms with Crippen molar-refractivity contribution in [1.29, 1.82) is 0 Å². The molecule has 1 aliphatic heterocycles. The molecule has 0 aliphatic carbocycles. The third-order valence-electron chi connectivity index (χ3n) is 5.41. The Bertz CT molecular complexity index is 1210. The maximum Gasteiger partial charge on any atom is 0.260 e. The molecule has 1 amide bonds. The lowest BCUT2D eigenvalue weighted by Gasteiger charge is -2.23. The molecule has 31 heavy (non-hydrogen) atoms.